The Balaban J connectivity index is 1.45. The average Bonchev–Trinajstić information content (AvgIpc) is 2.72. The molecule has 1 saturated heterocycles. The molecule has 0 unspecified atom stereocenters. The number of para-hydroxylation sites is 1. The molecule has 5 nitrogen and oxygen atoms in total. The predicted octanol–water partition coefficient (Wildman–Crippen LogP) is 2.79. The number of carbonyl (C=O) groups is 1. The highest BCUT2D eigenvalue weighted by Crippen LogP contribution is 2.25. The highest BCUT2D eigenvalue weighted by molar-refractivity contribution is 7.80. The van der Waals surface area contributed by atoms with Crippen LogP contribution in [0.25, 0.3) is 0 Å². The first-order valence-corrected chi connectivity index (χ1v) is 10.0. The van der Waals surface area contributed by atoms with Crippen LogP contribution in [0.2, 0.25) is 0 Å². The number of nitrogens with zero attached hydrogens (tertiary/aromatic N) is 2. The maximum absolute atomic E-state index is 12.7. The van der Waals surface area contributed by atoms with Gasteiger partial charge >= 0.3 is 0 Å². The summed E-state index contributed by atoms with van der Waals surface area (Å²) in [5, 5.41) is 4.08. The van der Waals surface area contributed by atoms with E-state index in [1.54, 1.807) is 7.11 Å². The SMILES string of the molecule is COc1ccccc1CNC(=S)N1CCN(C(=O)C2CCCCC2)CC1. The van der Waals surface area contributed by atoms with Crippen LogP contribution < -0.4 is 10.1 Å². The van der Waals surface area contributed by atoms with Crippen LogP contribution in [0.5, 0.6) is 5.75 Å². The van der Waals surface area contributed by atoms with Crippen LogP contribution in [0.1, 0.15) is 37.7 Å². The standard InChI is InChI=1S/C20H29N3O2S/c1-25-18-10-6-5-9-17(18)15-21-20(26)23-13-11-22(12-14-23)19(24)16-7-3-2-4-8-16/h5-6,9-10,16H,2-4,7-8,11-15H2,1H3,(H,21,26). The van der Waals surface area contributed by atoms with Crippen LogP contribution >= 0.6 is 12.2 Å². The fourth-order valence-corrected chi connectivity index (χ4v) is 4.12. The fraction of sp³-hybridized carbons (Fsp3) is 0.600. The van der Waals surface area contributed by atoms with Gasteiger partial charge < -0.3 is 19.9 Å². The zero-order chi connectivity index (χ0) is 18.4. The second kappa shape index (κ2) is 9.21. The largest absolute Gasteiger partial charge is 0.496 e. The number of hydrogen-bond acceptors (Lipinski definition) is 3. The Bertz CT molecular complexity index is 623. The van der Waals surface area contributed by atoms with Crippen molar-refractivity contribution in [3.63, 3.8) is 0 Å². The van der Waals surface area contributed by atoms with Crippen molar-refractivity contribution in [3.05, 3.63) is 29.8 Å². The van der Waals surface area contributed by atoms with E-state index in [-0.39, 0.29) is 5.92 Å². The summed E-state index contributed by atoms with van der Waals surface area (Å²) in [4.78, 5) is 16.9. The van der Waals surface area contributed by atoms with Gasteiger partial charge in [0.25, 0.3) is 0 Å². The lowest BCUT2D eigenvalue weighted by Gasteiger charge is -2.38. The van der Waals surface area contributed by atoms with Crippen molar-refractivity contribution in [3.8, 4) is 5.75 Å². The summed E-state index contributed by atoms with van der Waals surface area (Å²) < 4.78 is 5.38. The first-order chi connectivity index (χ1) is 12.7. The minimum Gasteiger partial charge on any atom is -0.496 e. The molecule has 1 aromatic carbocycles. The monoisotopic (exact) mass is 375 g/mol. The molecule has 0 bridgehead atoms. The van der Waals surface area contributed by atoms with Crippen molar-refractivity contribution < 1.29 is 9.53 Å². The van der Waals surface area contributed by atoms with E-state index in [1.807, 2.05) is 29.2 Å². The van der Waals surface area contributed by atoms with Crippen LogP contribution in [0.3, 0.4) is 0 Å². The van der Waals surface area contributed by atoms with Crippen molar-refractivity contribution in [2.24, 2.45) is 5.92 Å². The van der Waals surface area contributed by atoms with Crippen LogP contribution in [-0.2, 0) is 11.3 Å². The molecule has 6 heteroatoms. The first kappa shape index (κ1) is 19.0. The lowest BCUT2D eigenvalue weighted by atomic mass is 9.88. The molecule has 0 aromatic heterocycles. The first-order valence-electron chi connectivity index (χ1n) is 9.62. The molecule has 1 aromatic rings. The topological polar surface area (TPSA) is 44.8 Å². The van der Waals surface area contributed by atoms with E-state index < -0.39 is 0 Å². The second-order valence-electron chi connectivity index (χ2n) is 7.12. The van der Waals surface area contributed by atoms with Gasteiger partial charge in [-0.1, -0.05) is 37.5 Å². The van der Waals surface area contributed by atoms with Crippen LogP contribution in [0.4, 0.5) is 0 Å². The Labute approximate surface area is 161 Å². The van der Waals surface area contributed by atoms with Gasteiger partial charge in [-0.05, 0) is 31.1 Å². The quantitative estimate of drug-likeness (QED) is 0.820. The van der Waals surface area contributed by atoms with E-state index in [2.05, 4.69) is 10.2 Å². The Kier molecular flexibility index (Phi) is 6.72. The Morgan fingerprint density at radius 3 is 2.46 bits per heavy atom. The summed E-state index contributed by atoms with van der Waals surface area (Å²) in [6, 6.07) is 7.95. The maximum Gasteiger partial charge on any atom is 0.225 e. The summed E-state index contributed by atoms with van der Waals surface area (Å²) in [7, 11) is 1.68. The smallest absolute Gasteiger partial charge is 0.225 e. The number of piperazine rings is 1. The van der Waals surface area contributed by atoms with Gasteiger partial charge in [0.2, 0.25) is 5.91 Å². The molecular formula is C20H29N3O2S. The lowest BCUT2D eigenvalue weighted by Crippen LogP contribution is -2.54. The number of rotatable bonds is 4. The molecule has 1 aliphatic carbocycles. The highest BCUT2D eigenvalue weighted by atomic mass is 32.1. The number of benzene rings is 1. The Morgan fingerprint density at radius 1 is 1.12 bits per heavy atom. The third-order valence-electron chi connectivity index (χ3n) is 5.46. The van der Waals surface area contributed by atoms with Crippen LogP contribution in [0, 0.1) is 5.92 Å². The summed E-state index contributed by atoms with van der Waals surface area (Å²) in [5.41, 5.74) is 1.09. The van der Waals surface area contributed by atoms with E-state index in [0.717, 1.165) is 55.4 Å². The Hall–Kier alpha value is -1.82. The molecule has 1 heterocycles. The van der Waals surface area contributed by atoms with E-state index in [9.17, 15) is 4.79 Å². The maximum atomic E-state index is 12.7. The van der Waals surface area contributed by atoms with Gasteiger partial charge in [0, 0.05) is 44.2 Å². The molecule has 26 heavy (non-hydrogen) atoms. The van der Waals surface area contributed by atoms with Gasteiger partial charge in [0.05, 0.1) is 7.11 Å². The normalized spacial score (nSPS) is 18.5. The van der Waals surface area contributed by atoms with E-state index in [1.165, 1.54) is 19.3 Å². The van der Waals surface area contributed by atoms with Gasteiger partial charge in [-0.15, -0.1) is 0 Å². The molecule has 3 rings (SSSR count). The van der Waals surface area contributed by atoms with Crippen molar-refractivity contribution in [2.75, 3.05) is 33.3 Å². The molecule has 1 aliphatic heterocycles. The molecule has 1 N–H and O–H groups in total. The van der Waals surface area contributed by atoms with Gasteiger partial charge in [0.15, 0.2) is 5.11 Å². The van der Waals surface area contributed by atoms with Crippen LogP contribution in [0.15, 0.2) is 24.3 Å². The number of nitrogens with one attached hydrogen (secondary N) is 1. The molecule has 0 spiro atoms. The summed E-state index contributed by atoms with van der Waals surface area (Å²) in [6.07, 6.45) is 5.82. The third kappa shape index (κ3) is 4.67. The van der Waals surface area contributed by atoms with Crippen molar-refractivity contribution >= 4 is 23.2 Å². The molecule has 142 valence electrons. The number of thiocarbonyl (C=S) groups is 1. The zero-order valence-electron chi connectivity index (χ0n) is 15.6. The second-order valence-corrected chi connectivity index (χ2v) is 7.50. The molecule has 2 aliphatic rings. The number of hydrogen-bond donors (Lipinski definition) is 1. The van der Waals surface area contributed by atoms with E-state index in [4.69, 9.17) is 17.0 Å². The average molecular weight is 376 g/mol. The molecule has 1 saturated carbocycles. The van der Waals surface area contributed by atoms with Crippen LogP contribution in [-0.4, -0.2) is 54.1 Å². The number of methoxy groups -OCH3 is 1. The highest BCUT2D eigenvalue weighted by Gasteiger charge is 2.28. The van der Waals surface area contributed by atoms with Gasteiger partial charge in [-0.3, -0.25) is 4.79 Å². The van der Waals surface area contributed by atoms with E-state index >= 15 is 0 Å². The molecular weight excluding hydrogens is 346 g/mol. The summed E-state index contributed by atoms with van der Waals surface area (Å²) >= 11 is 5.55. The van der Waals surface area contributed by atoms with Crippen molar-refractivity contribution in [1.29, 1.82) is 0 Å². The lowest BCUT2D eigenvalue weighted by molar-refractivity contribution is -0.137. The Morgan fingerprint density at radius 2 is 1.77 bits per heavy atom. The number of carbonyl (C=O) groups excluding carboxylic acids is 1. The zero-order valence-corrected chi connectivity index (χ0v) is 16.4. The fourth-order valence-electron chi connectivity index (χ4n) is 3.87. The van der Waals surface area contributed by atoms with Gasteiger partial charge in [-0.2, -0.15) is 0 Å². The minimum absolute atomic E-state index is 0.255. The van der Waals surface area contributed by atoms with Gasteiger partial charge in [0.1, 0.15) is 5.75 Å². The number of ether oxygens (including phenoxy) is 1. The molecule has 0 radical (unpaired) electrons. The number of amides is 1. The van der Waals surface area contributed by atoms with Crippen molar-refractivity contribution in [2.45, 2.75) is 38.6 Å². The minimum atomic E-state index is 0.255. The van der Waals surface area contributed by atoms with Gasteiger partial charge in [-0.25, -0.2) is 0 Å². The molecule has 1 amide bonds. The van der Waals surface area contributed by atoms with E-state index in [0.29, 0.717) is 12.5 Å². The molecule has 2 fully saturated rings. The predicted molar refractivity (Wildman–Crippen MR) is 107 cm³/mol. The molecule has 0 atom stereocenters. The van der Waals surface area contributed by atoms with Crippen molar-refractivity contribution in [1.82, 2.24) is 15.1 Å². The summed E-state index contributed by atoms with van der Waals surface area (Å²) in [5.74, 6) is 1.48. The summed E-state index contributed by atoms with van der Waals surface area (Å²) in [6.45, 7) is 3.79. The third-order valence-corrected chi connectivity index (χ3v) is 5.86.